The molecule has 0 aliphatic rings. The third-order valence-electron chi connectivity index (χ3n) is 2.05. The van der Waals surface area contributed by atoms with Crippen molar-refractivity contribution < 1.29 is 13.2 Å². The van der Waals surface area contributed by atoms with Crippen LogP contribution in [0.5, 0.6) is 5.75 Å². The predicted molar refractivity (Wildman–Crippen MR) is 62.0 cm³/mol. The molecule has 6 heteroatoms. The zero-order valence-electron chi connectivity index (χ0n) is 9.36. The van der Waals surface area contributed by atoms with E-state index in [0.717, 1.165) is 5.56 Å². The fraction of sp³-hybridized carbons (Fsp3) is 0.400. The van der Waals surface area contributed by atoms with Gasteiger partial charge in [0, 0.05) is 13.1 Å². The Kier molecular flexibility index (Phi) is 4.28. The average Bonchev–Trinajstić information content (AvgIpc) is 2.26. The van der Waals surface area contributed by atoms with E-state index in [1.54, 1.807) is 18.2 Å². The molecule has 0 saturated carbocycles. The van der Waals surface area contributed by atoms with Crippen LogP contribution in [0.2, 0.25) is 0 Å². The van der Waals surface area contributed by atoms with Crippen molar-refractivity contribution in [2.24, 2.45) is 5.73 Å². The zero-order valence-corrected chi connectivity index (χ0v) is 10.2. The van der Waals surface area contributed by atoms with Crippen LogP contribution in [0.15, 0.2) is 23.1 Å². The summed E-state index contributed by atoms with van der Waals surface area (Å²) in [5, 5.41) is 0. The zero-order chi connectivity index (χ0) is 12.2. The molecule has 0 bridgehead atoms. The summed E-state index contributed by atoms with van der Waals surface area (Å²) in [7, 11) is -2.11. The van der Waals surface area contributed by atoms with E-state index < -0.39 is 10.0 Å². The number of nitrogens with two attached hydrogens (primary N) is 1. The Labute approximate surface area is 95.7 Å². The molecule has 5 nitrogen and oxygen atoms in total. The molecule has 90 valence electrons. The Bertz CT molecular complexity index is 457. The largest absolute Gasteiger partial charge is 0.495 e. The van der Waals surface area contributed by atoms with Crippen molar-refractivity contribution in [3.63, 3.8) is 0 Å². The number of nitrogens with one attached hydrogen (secondary N) is 1. The molecule has 0 spiro atoms. The van der Waals surface area contributed by atoms with Crippen LogP contribution in [0.3, 0.4) is 0 Å². The van der Waals surface area contributed by atoms with E-state index in [2.05, 4.69) is 4.72 Å². The molecule has 1 aromatic rings. The van der Waals surface area contributed by atoms with Gasteiger partial charge in [0.05, 0.1) is 7.11 Å². The van der Waals surface area contributed by atoms with E-state index >= 15 is 0 Å². The Morgan fingerprint density at radius 3 is 2.69 bits per heavy atom. The lowest BCUT2D eigenvalue weighted by molar-refractivity contribution is 0.402. The number of sulfonamides is 1. The van der Waals surface area contributed by atoms with Crippen LogP contribution >= 0.6 is 0 Å². The van der Waals surface area contributed by atoms with Gasteiger partial charge in [-0.2, -0.15) is 0 Å². The molecule has 0 unspecified atom stereocenters. The molecule has 1 aromatic carbocycles. The van der Waals surface area contributed by atoms with Crippen LogP contribution in [-0.2, 0) is 10.0 Å². The number of hydrogen-bond donors (Lipinski definition) is 2. The Hall–Kier alpha value is -1.11. The maximum atomic E-state index is 11.9. The minimum atomic E-state index is -3.54. The standard InChI is InChI=1S/C10H16N2O3S/c1-8-3-4-9(15-2)10(7-8)16(13,14)12-6-5-11/h3-4,7,12H,5-6,11H2,1-2H3. The second-order valence-electron chi connectivity index (χ2n) is 3.34. The molecule has 0 heterocycles. The highest BCUT2D eigenvalue weighted by Crippen LogP contribution is 2.24. The van der Waals surface area contributed by atoms with Crippen LogP contribution < -0.4 is 15.2 Å². The van der Waals surface area contributed by atoms with Crippen LogP contribution in [0, 0.1) is 6.92 Å². The quantitative estimate of drug-likeness (QED) is 0.777. The molecule has 0 radical (unpaired) electrons. The van der Waals surface area contributed by atoms with Gasteiger partial charge in [-0.3, -0.25) is 0 Å². The number of rotatable bonds is 5. The Balaban J connectivity index is 3.15. The van der Waals surface area contributed by atoms with E-state index in [-0.39, 0.29) is 18.0 Å². The van der Waals surface area contributed by atoms with Crippen molar-refractivity contribution in [2.75, 3.05) is 20.2 Å². The minimum absolute atomic E-state index is 0.142. The summed E-state index contributed by atoms with van der Waals surface area (Å²) in [6.07, 6.45) is 0. The first kappa shape index (κ1) is 13.0. The first-order chi connectivity index (χ1) is 7.51. The second-order valence-corrected chi connectivity index (χ2v) is 5.08. The lowest BCUT2D eigenvalue weighted by atomic mass is 10.2. The molecule has 3 N–H and O–H groups in total. The highest BCUT2D eigenvalue weighted by Gasteiger charge is 2.18. The fourth-order valence-electron chi connectivity index (χ4n) is 1.26. The van der Waals surface area contributed by atoms with E-state index in [9.17, 15) is 8.42 Å². The molecule has 0 fully saturated rings. The van der Waals surface area contributed by atoms with Crippen molar-refractivity contribution >= 4 is 10.0 Å². The molecule has 0 atom stereocenters. The molecule has 0 amide bonds. The fourth-order valence-corrected chi connectivity index (χ4v) is 2.56. The van der Waals surface area contributed by atoms with Gasteiger partial charge >= 0.3 is 0 Å². The number of aryl methyl sites for hydroxylation is 1. The van der Waals surface area contributed by atoms with Gasteiger partial charge in [-0.05, 0) is 24.6 Å². The van der Waals surface area contributed by atoms with Crippen molar-refractivity contribution in [1.82, 2.24) is 4.72 Å². The molecule has 16 heavy (non-hydrogen) atoms. The van der Waals surface area contributed by atoms with Crippen molar-refractivity contribution in [2.45, 2.75) is 11.8 Å². The van der Waals surface area contributed by atoms with Gasteiger partial charge in [-0.15, -0.1) is 0 Å². The summed E-state index contributed by atoms with van der Waals surface area (Å²) < 4.78 is 31.2. The highest BCUT2D eigenvalue weighted by molar-refractivity contribution is 7.89. The summed E-state index contributed by atoms with van der Waals surface area (Å²) in [5.41, 5.74) is 6.11. The van der Waals surface area contributed by atoms with Crippen molar-refractivity contribution in [3.05, 3.63) is 23.8 Å². The summed E-state index contributed by atoms with van der Waals surface area (Å²) in [6, 6.07) is 4.99. The second kappa shape index (κ2) is 5.29. The van der Waals surface area contributed by atoms with Crippen LogP contribution in [0.4, 0.5) is 0 Å². The molecule has 1 rings (SSSR count). The number of benzene rings is 1. The normalized spacial score (nSPS) is 11.4. The maximum absolute atomic E-state index is 11.9. The first-order valence-corrected chi connectivity index (χ1v) is 6.34. The number of methoxy groups -OCH3 is 1. The van der Waals surface area contributed by atoms with E-state index in [1.807, 2.05) is 6.92 Å². The smallest absolute Gasteiger partial charge is 0.244 e. The van der Waals surface area contributed by atoms with Gasteiger partial charge in [-0.25, -0.2) is 13.1 Å². The van der Waals surface area contributed by atoms with E-state index in [0.29, 0.717) is 5.75 Å². The SMILES string of the molecule is COc1ccc(C)cc1S(=O)(=O)NCCN. The molecule has 0 saturated heterocycles. The first-order valence-electron chi connectivity index (χ1n) is 4.85. The third kappa shape index (κ3) is 2.94. The monoisotopic (exact) mass is 244 g/mol. The van der Waals surface area contributed by atoms with Crippen LogP contribution in [-0.4, -0.2) is 28.6 Å². The van der Waals surface area contributed by atoms with Gasteiger partial charge in [0.2, 0.25) is 10.0 Å². The number of hydrogen-bond acceptors (Lipinski definition) is 4. The molecule has 0 aliphatic heterocycles. The lowest BCUT2D eigenvalue weighted by Gasteiger charge is -2.10. The molecular weight excluding hydrogens is 228 g/mol. The average molecular weight is 244 g/mol. The molecular formula is C10H16N2O3S. The minimum Gasteiger partial charge on any atom is -0.495 e. The predicted octanol–water partition coefficient (Wildman–Crippen LogP) is 0.241. The van der Waals surface area contributed by atoms with E-state index in [4.69, 9.17) is 10.5 Å². The van der Waals surface area contributed by atoms with Gasteiger partial charge < -0.3 is 10.5 Å². The summed E-state index contributed by atoms with van der Waals surface area (Å²) in [4.78, 5) is 0.142. The third-order valence-corrected chi connectivity index (χ3v) is 3.53. The molecule has 0 aromatic heterocycles. The summed E-state index contributed by atoms with van der Waals surface area (Å²) >= 11 is 0. The van der Waals surface area contributed by atoms with Crippen LogP contribution in [0.25, 0.3) is 0 Å². The van der Waals surface area contributed by atoms with E-state index in [1.165, 1.54) is 7.11 Å². The summed E-state index contributed by atoms with van der Waals surface area (Å²) in [5.74, 6) is 0.329. The van der Waals surface area contributed by atoms with Crippen LogP contribution in [0.1, 0.15) is 5.56 Å². The van der Waals surface area contributed by atoms with Gasteiger partial charge in [0.1, 0.15) is 10.6 Å². The summed E-state index contributed by atoms with van der Waals surface area (Å²) in [6.45, 7) is 2.29. The van der Waals surface area contributed by atoms with Gasteiger partial charge in [0.15, 0.2) is 0 Å². The lowest BCUT2D eigenvalue weighted by Crippen LogP contribution is -2.29. The van der Waals surface area contributed by atoms with Crippen molar-refractivity contribution in [1.29, 1.82) is 0 Å². The highest BCUT2D eigenvalue weighted by atomic mass is 32.2. The Morgan fingerprint density at radius 1 is 1.44 bits per heavy atom. The van der Waals surface area contributed by atoms with Gasteiger partial charge in [0.25, 0.3) is 0 Å². The van der Waals surface area contributed by atoms with Gasteiger partial charge in [-0.1, -0.05) is 6.07 Å². The Morgan fingerprint density at radius 2 is 2.12 bits per heavy atom. The number of ether oxygens (including phenoxy) is 1. The maximum Gasteiger partial charge on any atom is 0.244 e. The van der Waals surface area contributed by atoms with Crippen molar-refractivity contribution in [3.8, 4) is 5.75 Å². The topological polar surface area (TPSA) is 81.4 Å². The molecule has 0 aliphatic carbocycles.